The third-order valence-corrected chi connectivity index (χ3v) is 5.15. The predicted molar refractivity (Wildman–Crippen MR) is 100.0 cm³/mol. The fraction of sp³-hybridized carbons (Fsp3) is 0.389. The van der Waals surface area contributed by atoms with Crippen molar-refractivity contribution in [1.82, 2.24) is 4.90 Å². The first-order valence-electron chi connectivity index (χ1n) is 7.51. The van der Waals surface area contributed by atoms with Crippen molar-refractivity contribution in [3.63, 3.8) is 0 Å². The number of ether oxygens (including phenoxy) is 2. The first kappa shape index (κ1) is 17.8. The van der Waals surface area contributed by atoms with Crippen molar-refractivity contribution in [2.45, 2.75) is 25.9 Å². The summed E-state index contributed by atoms with van der Waals surface area (Å²) >= 11 is 2.26. The van der Waals surface area contributed by atoms with E-state index in [2.05, 4.69) is 35.2 Å². The van der Waals surface area contributed by atoms with Gasteiger partial charge in [-0.2, -0.15) is 0 Å². The molecule has 23 heavy (non-hydrogen) atoms. The van der Waals surface area contributed by atoms with Crippen LogP contribution in [-0.2, 0) is 11.3 Å². The van der Waals surface area contributed by atoms with Crippen molar-refractivity contribution in [1.29, 1.82) is 0 Å². The van der Waals surface area contributed by atoms with Crippen molar-refractivity contribution < 1.29 is 14.3 Å². The summed E-state index contributed by atoms with van der Waals surface area (Å²) < 4.78 is 11.8. The largest absolute Gasteiger partial charge is 0.497 e. The van der Waals surface area contributed by atoms with E-state index in [0.717, 1.165) is 20.6 Å². The van der Waals surface area contributed by atoms with Gasteiger partial charge in [-0.05, 0) is 48.1 Å². The molecule has 0 spiro atoms. The molecule has 0 saturated carbocycles. The van der Waals surface area contributed by atoms with E-state index in [0.29, 0.717) is 13.0 Å². The highest BCUT2D eigenvalue weighted by atomic mass is 127. The number of rotatable bonds is 6. The molecule has 4 nitrogen and oxygen atoms in total. The van der Waals surface area contributed by atoms with Gasteiger partial charge < -0.3 is 14.4 Å². The summed E-state index contributed by atoms with van der Waals surface area (Å²) in [7, 11) is 3.25. The fourth-order valence-electron chi connectivity index (χ4n) is 2.72. The Morgan fingerprint density at radius 3 is 2.70 bits per heavy atom. The van der Waals surface area contributed by atoms with Gasteiger partial charge in [0.2, 0.25) is 5.91 Å². The summed E-state index contributed by atoms with van der Waals surface area (Å²) in [5, 5.41) is 0. The summed E-state index contributed by atoms with van der Waals surface area (Å²) in [6.45, 7) is 6.32. The molecule has 1 aromatic rings. The molecule has 0 aromatic heterocycles. The molecule has 0 unspecified atom stereocenters. The van der Waals surface area contributed by atoms with Crippen LogP contribution in [0, 0.1) is 5.92 Å². The lowest BCUT2D eigenvalue weighted by molar-refractivity contribution is -0.136. The van der Waals surface area contributed by atoms with Crippen molar-refractivity contribution in [3.05, 3.63) is 46.1 Å². The lowest BCUT2D eigenvalue weighted by Crippen LogP contribution is -2.44. The van der Waals surface area contributed by atoms with E-state index >= 15 is 0 Å². The molecule has 0 bridgehead atoms. The Hall–Kier alpha value is -1.50. The van der Waals surface area contributed by atoms with Crippen LogP contribution in [0.3, 0.4) is 0 Å². The molecule has 0 saturated heterocycles. The smallest absolute Gasteiger partial charge is 0.231 e. The first-order chi connectivity index (χ1) is 11.0. The Morgan fingerprint density at radius 1 is 1.35 bits per heavy atom. The van der Waals surface area contributed by atoms with Gasteiger partial charge in [-0.3, -0.25) is 4.79 Å². The highest BCUT2D eigenvalue weighted by Gasteiger charge is 2.33. The molecule has 1 aromatic carbocycles. The number of allylic oxidation sites excluding steroid dienone is 1. The Bertz CT molecular complexity index is 627. The van der Waals surface area contributed by atoms with Crippen LogP contribution < -0.4 is 9.47 Å². The molecule has 1 amide bonds. The molecule has 2 atom stereocenters. The normalized spacial score (nSPS) is 21.0. The number of hydrogen-bond donors (Lipinski definition) is 0. The number of hydrogen-bond acceptors (Lipinski definition) is 3. The summed E-state index contributed by atoms with van der Waals surface area (Å²) in [6, 6.07) is 5.73. The van der Waals surface area contributed by atoms with Crippen LogP contribution in [0.15, 0.2) is 40.5 Å². The van der Waals surface area contributed by atoms with Crippen LogP contribution in [-0.4, -0.2) is 31.1 Å². The zero-order chi connectivity index (χ0) is 17.0. The van der Waals surface area contributed by atoms with Crippen LogP contribution in [0.1, 0.15) is 18.9 Å². The summed E-state index contributed by atoms with van der Waals surface area (Å²) in [5.74, 6) is 1.49. The minimum Gasteiger partial charge on any atom is -0.497 e. The van der Waals surface area contributed by atoms with Gasteiger partial charge >= 0.3 is 0 Å². The highest BCUT2D eigenvalue weighted by Crippen LogP contribution is 2.33. The van der Waals surface area contributed by atoms with E-state index in [-0.39, 0.29) is 17.9 Å². The standard InChI is InChI=1S/C18H22INO3/c1-5-6-15-16(19)9-12(2)20(18(15)21)11-13-7-8-14(22-3)10-17(13)23-4/h5,7-10,12,15H,1,6,11H2,2-4H3/t12-,15+/m0/s1. The van der Waals surface area contributed by atoms with Crippen LogP contribution in [0.4, 0.5) is 0 Å². The van der Waals surface area contributed by atoms with Crippen molar-refractivity contribution >= 4 is 28.5 Å². The molecule has 5 heteroatoms. The van der Waals surface area contributed by atoms with Gasteiger partial charge in [-0.1, -0.05) is 12.2 Å². The Balaban J connectivity index is 2.28. The minimum absolute atomic E-state index is 0.0577. The number of carbonyl (C=O) groups is 1. The Morgan fingerprint density at radius 2 is 2.09 bits per heavy atom. The zero-order valence-electron chi connectivity index (χ0n) is 13.7. The van der Waals surface area contributed by atoms with E-state index < -0.39 is 0 Å². The van der Waals surface area contributed by atoms with Gasteiger partial charge in [0.15, 0.2) is 0 Å². The van der Waals surface area contributed by atoms with Gasteiger partial charge in [0.05, 0.1) is 20.1 Å². The SMILES string of the molecule is C=CC[C@H]1C(=O)N(Cc2ccc(OC)cc2OC)[C@@H](C)C=C1I. The number of nitrogens with zero attached hydrogens (tertiary/aromatic N) is 1. The molecular weight excluding hydrogens is 405 g/mol. The van der Waals surface area contributed by atoms with Gasteiger partial charge in [0, 0.05) is 27.8 Å². The lowest BCUT2D eigenvalue weighted by Gasteiger charge is -2.35. The molecule has 1 aliphatic heterocycles. The summed E-state index contributed by atoms with van der Waals surface area (Å²) in [5.41, 5.74) is 0.969. The van der Waals surface area contributed by atoms with E-state index in [1.54, 1.807) is 20.3 Å². The maximum absolute atomic E-state index is 12.8. The second-order valence-corrected chi connectivity index (χ2v) is 6.76. The molecular formula is C18H22INO3. The topological polar surface area (TPSA) is 38.8 Å². The van der Waals surface area contributed by atoms with Crippen LogP contribution in [0.2, 0.25) is 0 Å². The predicted octanol–water partition coefficient (Wildman–Crippen LogP) is 3.95. The highest BCUT2D eigenvalue weighted by molar-refractivity contribution is 14.1. The van der Waals surface area contributed by atoms with Crippen LogP contribution in [0.5, 0.6) is 11.5 Å². The Kier molecular flexibility index (Phi) is 6.10. The number of amides is 1. The molecule has 1 aliphatic rings. The quantitative estimate of drug-likeness (QED) is 0.510. The minimum atomic E-state index is -0.117. The second kappa shape index (κ2) is 7.86. The number of carbonyl (C=O) groups excluding carboxylic acids is 1. The van der Waals surface area contributed by atoms with E-state index in [9.17, 15) is 4.79 Å². The second-order valence-electron chi connectivity index (χ2n) is 5.51. The van der Waals surface area contributed by atoms with E-state index in [1.165, 1.54) is 0 Å². The number of benzene rings is 1. The average molecular weight is 427 g/mol. The monoisotopic (exact) mass is 427 g/mol. The third kappa shape index (κ3) is 3.88. The molecule has 0 N–H and O–H groups in total. The zero-order valence-corrected chi connectivity index (χ0v) is 15.9. The van der Waals surface area contributed by atoms with Crippen LogP contribution >= 0.6 is 22.6 Å². The van der Waals surface area contributed by atoms with Gasteiger partial charge in [-0.15, -0.1) is 6.58 Å². The summed E-state index contributed by atoms with van der Waals surface area (Å²) in [4.78, 5) is 14.7. The maximum atomic E-state index is 12.8. The van der Waals surface area contributed by atoms with E-state index in [4.69, 9.17) is 9.47 Å². The summed E-state index contributed by atoms with van der Waals surface area (Å²) in [6.07, 6.45) is 4.61. The molecule has 0 fully saturated rings. The molecule has 1 heterocycles. The molecule has 2 rings (SSSR count). The average Bonchev–Trinajstić information content (AvgIpc) is 2.55. The van der Waals surface area contributed by atoms with Gasteiger partial charge in [0.1, 0.15) is 11.5 Å². The van der Waals surface area contributed by atoms with Crippen LogP contribution in [0.25, 0.3) is 0 Å². The van der Waals surface area contributed by atoms with Gasteiger partial charge in [-0.25, -0.2) is 0 Å². The number of methoxy groups -OCH3 is 2. The molecule has 124 valence electrons. The van der Waals surface area contributed by atoms with Crippen molar-refractivity contribution in [2.24, 2.45) is 5.92 Å². The van der Waals surface area contributed by atoms with Crippen molar-refractivity contribution in [2.75, 3.05) is 14.2 Å². The molecule has 0 aliphatic carbocycles. The maximum Gasteiger partial charge on any atom is 0.231 e. The van der Waals surface area contributed by atoms with Crippen molar-refractivity contribution in [3.8, 4) is 11.5 Å². The first-order valence-corrected chi connectivity index (χ1v) is 8.59. The molecule has 0 radical (unpaired) electrons. The fourth-order valence-corrected chi connectivity index (χ4v) is 3.76. The van der Waals surface area contributed by atoms with E-state index in [1.807, 2.05) is 30.0 Å². The Labute approximate surface area is 151 Å². The van der Waals surface area contributed by atoms with Gasteiger partial charge in [0.25, 0.3) is 0 Å². The number of halogens is 1. The lowest BCUT2D eigenvalue weighted by atomic mass is 9.96. The third-order valence-electron chi connectivity index (χ3n) is 4.04.